The Labute approximate surface area is 109 Å². The standard InChI is InChI=1S/C17H20O/c1-12(2)15-9-13(3)10-16(11-15)17(18)14-7-5-4-6-8-14/h4-12,17-18H,1-3H3. The summed E-state index contributed by atoms with van der Waals surface area (Å²) in [6.45, 7) is 6.42. The van der Waals surface area contributed by atoms with Gasteiger partial charge in [-0.05, 0) is 29.5 Å². The highest BCUT2D eigenvalue weighted by Gasteiger charge is 2.12. The van der Waals surface area contributed by atoms with E-state index in [0.29, 0.717) is 5.92 Å². The lowest BCUT2D eigenvalue weighted by Crippen LogP contribution is -2.01. The Hall–Kier alpha value is -1.60. The van der Waals surface area contributed by atoms with Gasteiger partial charge in [0.1, 0.15) is 6.10 Å². The molecule has 2 aromatic carbocycles. The van der Waals surface area contributed by atoms with Crippen molar-refractivity contribution < 1.29 is 5.11 Å². The molecule has 1 heteroatoms. The van der Waals surface area contributed by atoms with Gasteiger partial charge in [0.05, 0.1) is 0 Å². The minimum Gasteiger partial charge on any atom is -0.384 e. The van der Waals surface area contributed by atoms with Crippen molar-refractivity contribution in [2.75, 3.05) is 0 Å². The predicted molar refractivity (Wildman–Crippen MR) is 75.8 cm³/mol. The van der Waals surface area contributed by atoms with Crippen molar-refractivity contribution in [2.45, 2.75) is 32.8 Å². The summed E-state index contributed by atoms with van der Waals surface area (Å²) in [4.78, 5) is 0. The number of hydrogen-bond donors (Lipinski definition) is 1. The fourth-order valence-electron chi connectivity index (χ4n) is 2.16. The zero-order chi connectivity index (χ0) is 13.1. The maximum absolute atomic E-state index is 10.4. The van der Waals surface area contributed by atoms with Crippen LogP contribution in [0.15, 0.2) is 48.5 Å². The van der Waals surface area contributed by atoms with E-state index in [1.807, 2.05) is 30.3 Å². The molecule has 1 nitrogen and oxygen atoms in total. The molecule has 1 atom stereocenters. The van der Waals surface area contributed by atoms with E-state index in [9.17, 15) is 5.11 Å². The molecule has 0 saturated heterocycles. The SMILES string of the molecule is Cc1cc(C(C)C)cc(C(O)c2ccccc2)c1. The molecule has 0 aliphatic carbocycles. The second-order valence-electron chi connectivity index (χ2n) is 5.14. The molecule has 0 bridgehead atoms. The first-order valence-electron chi connectivity index (χ1n) is 6.42. The molecule has 1 N–H and O–H groups in total. The van der Waals surface area contributed by atoms with E-state index in [2.05, 4.69) is 39.0 Å². The Bertz CT molecular complexity index is 514. The summed E-state index contributed by atoms with van der Waals surface area (Å²) in [5.74, 6) is 0.478. The van der Waals surface area contributed by atoms with Crippen molar-refractivity contribution in [3.63, 3.8) is 0 Å². The van der Waals surface area contributed by atoms with E-state index in [0.717, 1.165) is 11.1 Å². The van der Waals surface area contributed by atoms with Gasteiger partial charge in [-0.15, -0.1) is 0 Å². The fourth-order valence-corrected chi connectivity index (χ4v) is 2.16. The zero-order valence-corrected chi connectivity index (χ0v) is 11.2. The molecule has 2 rings (SSSR count). The Balaban J connectivity index is 2.39. The van der Waals surface area contributed by atoms with Gasteiger partial charge < -0.3 is 5.11 Å². The molecular formula is C17H20O. The van der Waals surface area contributed by atoms with Gasteiger partial charge in [0, 0.05) is 0 Å². The van der Waals surface area contributed by atoms with Gasteiger partial charge in [0.2, 0.25) is 0 Å². The molecule has 94 valence electrons. The Kier molecular flexibility index (Phi) is 3.83. The van der Waals surface area contributed by atoms with E-state index in [1.54, 1.807) is 0 Å². The molecule has 0 saturated carbocycles. The number of aliphatic hydroxyl groups is 1. The van der Waals surface area contributed by atoms with Crippen molar-refractivity contribution in [3.8, 4) is 0 Å². The van der Waals surface area contributed by atoms with Crippen molar-refractivity contribution in [1.29, 1.82) is 0 Å². The Morgan fingerprint density at radius 2 is 1.44 bits per heavy atom. The maximum Gasteiger partial charge on any atom is 0.104 e. The molecule has 1 unspecified atom stereocenters. The Morgan fingerprint density at radius 1 is 0.833 bits per heavy atom. The first kappa shape index (κ1) is 12.8. The van der Waals surface area contributed by atoms with Crippen LogP contribution in [-0.2, 0) is 0 Å². The van der Waals surface area contributed by atoms with Gasteiger partial charge in [0.15, 0.2) is 0 Å². The van der Waals surface area contributed by atoms with Gasteiger partial charge in [-0.3, -0.25) is 0 Å². The smallest absolute Gasteiger partial charge is 0.104 e. The quantitative estimate of drug-likeness (QED) is 0.852. The summed E-state index contributed by atoms with van der Waals surface area (Å²) < 4.78 is 0. The molecule has 0 heterocycles. The summed E-state index contributed by atoms with van der Waals surface area (Å²) in [5, 5.41) is 10.4. The summed E-state index contributed by atoms with van der Waals surface area (Å²) in [5.41, 5.74) is 4.40. The first-order chi connectivity index (χ1) is 8.58. The lowest BCUT2D eigenvalue weighted by molar-refractivity contribution is 0.220. The molecule has 0 amide bonds. The third-order valence-corrected chi connectivity index (χ3v) is 3.22. The predicted octanol–water partition coefficient (Wildman–Crippen LogP) is 4.20. The molecule has 0 fully saturated rings. The third-order valence-electron chi connectivity index (χ3n) is 3.22. The normalized spacial score (nSPS) is 12.7. The van der Waals surface area contributed by atoms with E-state index >= 15 is 0 Å². The highest BCUT2D eigenvalue weighted by Crippen LogP contribution is 2.26. The average molecular weight is 240 g/mol. The van der Waals surface area contributed by atoms with E-state index in [-0.39, 0.29) is 0 Å². The molecule has 0 radical (unpaired) electrons. The summed E-state index contributed by atoms with van der Waals surface area (Å²) in [7, 11) is 0. The summed E-state index contributed by atoms with van der Waals surface area (Å²) in [6, 6.07) is 16.1. The van der Waals surface area contributed by atoms with Crippen molar-refractivity contribution >= 4 is 0 Å². The van der Waals surface area contributed by atoms with Gasteiger partial charge in [0.25, 0.3) is 0 Å². The molecule has 18 heavy (non-hydrogen) atoms. The third kappa shape index (κ3) is 2.80. The number of aryl methyl sites for hydroxylation is 1. The van der Waals surface area contributed by atoms with Crippen LogP contribution in [0, 0.1) is 6.92 Å². The van der Waals surface area contributed by atoms with Crippen molar-refractivity contribution in [3.05, 3.63) is 70.8 Å². The molecule has 0 aliphatic heterocycles. The zero-order valence-electron chi connectivity index (χ0n) is 11.2. The summed E-state index contributed by atoms with van der Waals surface area (Å²) >= 11 is 0. The highest BCUT2D eigenvalue weighted by molar-refractivity contribution is 5.36. The largest absolute Gasteiger partial charge is 0.384 e. The number of aliphatic hydroxyl groups excluding tert-OH is 1. The molecule has 0 spiro atoms. The minimum absolute atomic E-state index is 0.478. The monoisotopic (exact) mass is 240 g/mol. The maximum atomic E-state index is 10.4. The van der Waals surface area contributed by atoms with E-state index < -0.39 is 6.10 Å². The topological polar surface area (TPSA) is 20.2 Å². The average Bonchev–Trinajstić information content (AvgIpc) is 2.38. The van der Waals surface area contributed by atoms with E-state index in [1.165, 1.54) is 11.1 Å². The Morgan fingerprint density at radius 3 is 2.06 bits per heavy atom. The molecule has 0 aromatic heterocycles. The number of hydrogen-bond acceptors (Lipinski definition) is 1. The lowest BCUT2D eigenvalue weighted by Gasteiger charge is -2.15. The van der Waals surface area contributed by atoms with Crippen LogP contribution in [0.5, 0.6) is 0 Å². The molecular weight excluding hydrogens is 220 g/mol. The minimum atomic E-state index is -0.538. The molecule has 2 aromatic rings. The van der Waals surface area contributed by atoms with Crippen LogP contribution in [0.2, 0.25) is 0 Å². The van der Waals surface area contributed by atoms with Gasteiger partial charge in [-0.1, -0.05) is 67.9 Å². The van der Waals surface area contributed by atoms with Gasteiger partial charge in [-0.2, -0.15) is 0 Å². The van der Waals surface area contributed by atoms with Crippen LogP contribution in [-0.4, -0.2) is 5.11 Å². The van der Waals surface area contributed by atoms with Crippen molar-refractivity contribution in [1.82, 2.24) is 0 Å². The van der Waals surface area contributed by atoms with Gasteiger partial charge in [-0.25, -0.2) is 0 Å². The second-order valence-corrected chi connectivity index (χ2v) is 5.14. The van der Waals surface area contributed by atoms with Crippen LogP contribution in [0.4, 0.5) is 0 Å². The van der Waals surface area contributed by atoms with Crippen LogP contribution in [0.1, 0.15) is 48.1 Å². The van der Waals surface area contributed by atoms with Crippen molar-refractivity contribution in [2.24, 2.45) is 0 Å². The summed E-state index contributed by atoms with van der Waals surface area (Å²) in [6.07, 6.45) is -0.538. The highest BCUT2D eigenvalue weighted by atomic mass is 16.3. The van der Waals surface area contributed by atoms with Gasteiger partial charge >= 0.3 is 0 Å². The van der Waals surface area contributed by atoms with Crippen LogP contribution >= 0.6 is 0 Å². The molecule has 0 aliphatic rings. The second kappa shape index (κ2) is 5.36. The van der Waals surface area contributed by atoms with Crippen LogP contribution in [0.25, 0.3) is 0 Å². The fraction of sp³-hybridized carbons (Fsp3) is 0.294. The first-order valence-corrected chi connectivity index (χ1v) is 6.42. The van der Waals surface area contributed by atoms with Crippen LogP contribution < -0.4 is 0 Å². The van der Waals surface area contributed by atoms with Crippen LogP contribution in [0.3, 0.4) is 0 Å². The lowest BCUT2D eigenvalue weighted by atomic mass is 9.94. The number of benzene rings is 2. The van der Waals surface area contributed by atoms with E-state index in [4.69, 9.17) is 0 Å². The number of rotatable bonds is 3.